The molecule has 1 aromatic carbocycles. The van der Waals surface area contributed by atoms with Crippen molar-refractivity contribution in [1.29, 1.82) is 0 Å². The highest BCUT2D eigenvalue weighted by Crippen LogP contribution is 2.23. The van der Waals surface area contributed by atoms with E-state index in [-0.39, 0.29) is 0 Å². The number of benzene rings is 1. The number of aromatic nitrogens is 2. The fourth-order valence-electron chi connectivity index (χ4n) is 1.84. The minimum absolute atomic E-state index is 0.611. The van der Waals surface area contributed by atoms with Gasteiger partial charge in [-0.1, -0.05) is 22.9 Å². The minimum Gasteiger partial charge on any atom is -0.340 e. The molecule has 0 fully saturated rings. The number of hydrazine groups is 1. The van der Waals surface area contributed by atoms with Gasteiger partial charge in [0.2, 0.25) is 0 Å². The summed E-state index contributed by atoms with van der Waals surface area (Å²) in [5.41, 5.74) is 4.72. The Hall–Kier alpha value is -1.66. The molecular weight excluding hydrogens is 318 g/mol. The van der Waals surface area contributed by atoms with Gasteiger partial charge in [-0.3, -0.25) is 0 Å². The van der Waals surface area contributed by atoms with Crippen molar-refractivity contribution in [3.05, 3.63) is 40.1 Å². The Balaban J connectivity index is 2.27. The molecule has 5 nitrogen and oxygen atoms in total. The van der Waals surface area contributed by atoms with Crippen LogP contribution in [0.3, 0.4) is 0 Å². The Morgan fingerprint density at radius 2 is 1.95 bits per heavy atom. The predicted octanol–water partition coefficient (Wildman–Crippen LogP) is 3.53. The molecular formula is C14H18BrN5. The van der Waals surface area contributed by atoms with Crippen LogP contribution < -0.4 is 16.6 Å². The third-order valence-corrected chi connectivity index (χ3v) is 3.71. The molecule has 0 saturated carbocycles. The Morgan fingerprint density at radius 3 is 2.60 bits per heavy atom. The van der Waals surface area contributed by atoms with Gasteiger partial charge in [0, 0.05) is 22.6 Å². The number of hydrogen-bond donors (Lipinski definition) is 3. The van der Waals surface area contributed by atoms with E-state index in [1.807, 2.05) is 19.1 Å². The van der Waals surface area contributed by atoms with Crippen LogP contribution in [-0.2, 0) is 6.42 Å². The van der Waals surface area contributed by atoms with Gasteiger partial charge in [-0.2, -0.15) is 0 Å². The van der Waals surface area contributed by atoms with E-state index >= 15 is 0 Å². The lowest BCUT2D eigenvalue weighted by Gasteiger charge is -2.10. The third kappa shape index (κ3) is 3.68. The standard InChI is InChI=1S/C14H18BrN5/c1-3-4-12-18-13(8-14(19-12)20-16)17-10-5-6-11(15)9(2)7-10/h5-8H,3-4,16H2,1-2H3,(H2,17,18,19,20). The molecule has 0 bridgehead atoms. The molecule has 2 aromatic rings. The lowest BCUT2D eigenvalue weighted by molar-refractivity contribution is 0.837. The van der Waals surface area contributed by atoms with Crippen molar-refractivity contribution in [2.24, 2.45) is 5.84 Å². The summed E-state index contributed by atoms with van der Waals surface area (Å²) in [6.07, 6.45) is 1.81. The van der Waals surface area contributed by atoms with E-state index in [4.69, 9.17) is 5.84 Å². The van der Waals surface area contributed by atoms with Crippen molar-refractivity contribution in [1.82, 2.24) is 9.97 Å². The number of rotatable bonds is 5. The van der Waals surface area contributed by atoms with Gasteiger partial charge in [0.15, 0.2) is 0 Å². The second-order valence-electron chi connectivity index (χ2n) is 4.54. The van der Waals surface area contributed by atoms with E-state index in [0.29, 0.717) is 5.82 Å². The van der Waals surface area contributed by atoms with Crippen molar-refractivity contribution in [2.45, 2.75) is 26.7 Å². The molecule has 0 amide bonds. The molecule has 0 unspecified atom stereocenters. The molecule has 6 heteroatoms. The molecule has 20 heavy (non-hydrogen) atoms. The first kappa shape index (κ1) is 14.7. The molecule has 106 valence electrons. The molecule has 0 atom stereocenters. The summed E-state index contributed by atoms with van der Waals surface area (Å²) in [4.78, 5) is 8.81. The summed E-state index contributed by atoms with van der Waals surface area (Å²) in [5.74, 6) is 7.57. The topological polar surface area (TPSA) is 75.9 Å². The average Bonchev–Trinajstić information content (AvgIpc) is 2.43. The van der Waals surface area contributed by atoms with Gasteiger partial charge in [-0.05, 0) is 37.1 Å². The summed E-state index contributed by atoms with van der Waals surface area (Å²) >= 11 is 3.49. The summed E-state index contributed by atoms with van der Waals surface area (Å²) in [6, 6.07) is 7.85. The highest BCUT2D eigenvalue weighted by atomic mass is 79.9. The number of hydrogen-bond acceptors (Lipinski definition) is 5. The predicted molar refractivity (Wildman–Crippen MR) is 86.0 cm³/mol. The minimum atomic E-state index is 0.611. The van der Waals surface area contributed by atoms with Crippen LogP contribution in [0.5, 0.6) is 0 Å². The summed E-state index contributed by atoms with van der Waals surface area (Å²) in [5, 5.41) is 3.28. The smallest absolute Gasteiger partial charge is 0.145 e. The molecule has 1 heterocycles. The Labute approximate surface area is 127 Å². The van der Waals surface area contributed by atoms with Crippen LogP contribution in [0.2, 0.25) is 0 Å². The van der Waals surface area contributed by atoms with Crippen molar-refractivity contribution < 1.29 is 0 Å². The molecule has 0 spiro atoms. The van der Waals surface area contributed by atoms with E-state index in [0.717, 1.165) is 40.2 Å². The number of nitrogens with one attached hydrogen (secondary N) is 2. The van der Waals surface area contributed by atoms with Gasteiger partial charge in [-0.15, -0.1) is 0 Å². The molecule has 1 aromatic heterocycles. The fraction of sp³-hybridized carbons (Fsp3) is 0.286. The lowest BCUT2D eigenvalue weighted by atomic mass is 10.2. The van der Waals surface area contributed by atoms with E-state index < -0.39 is 0 Å². The zero-order valence-electron chi connectivity index (χ0n) is 11.6. The van der Waals surface area contributed by atoms with Crippen molar-refractivity contribution in [2.75, 3.05) is 10.7 Å². The maximum Gasteiger partial charge on any atom is 0.145 e. The normalized spacial score (nSPS) is 10.4. The molecule has 0 aliphatic heterocycles. The molecule has 0 aliphatic rings. The first-order valence-electron chi connectivity index (χ1n) is 6.50. The van der Waals surface area contributed by atoms with Crippen LogP contribution >= 0.6 is 15.9 Å². The molecule has 0 aliphatic carbocycles. The fourth-order valence-corrected chi connectivity index (χ4v) is 2.09. The largest absolute Gasteiger partial charge is 0.340 e. The van der Waals surface area contributed by atoms with Gasteiger partial charge in [-0.25, -0.2) is 15.8 Å². The second kappa shape index (κ2) is 6.67. The van der Waals surface area contributed by atoms with E-state index in [9.17, 15) is 0 Å². The van der Waals surface area contributed by atoms with E-state index in [1.165, 1.54) is 0 Å². The number of nitrogen functional groups attached to an aromatic ring is 1. The Morgan fingerprint density at radius 1 is 1.20 bits per heavy atom. The number of halogens is 1. The van der Waals surface area contributed by atoms with Crippen LogP contribution in [0.15, 0.2) is 28.7 Å². The second-order valence-corrected chi connectivity index (χ2v) is 5.39. The van der Waals surface area contributed by atoms with Crippen LogP contribution in [0.1, 0.15) is 24.7 Å². The number of nitrogens with two attached hydrogens (primary N) is 1. The monoisotopic (exact) mass is 335 g/mol. The third-order valence-electron chi connectivity index (χ3n) is 2.82. The van der Waals surface area contributed by atoms with Gasteiger partial charge in [0.05, 0.1) is 0 Å². The zero-order chi connectivity index (χ0) is 14.5. The Kier molecular flexibility index (Phi) is 4.92. The highest BCUT2D eigenvalue weighted by molar-refractivity contribution is 9.10. The van der Waals surface area contributed by atoms with Gasteiger partial charge in [0.1, 0.15) is 17.5 Å². The quantitative estimate of drug-likeness (QED) is 0.575. The maximum absolute atomic E-state index is 5.45. The first-order chi connectivity index (χ1) is 9.62. The lowest BCUT2D eigenvalue weighted by Crippen LogP contribution is -2.11. The zero-order valence-corrected chi connectivity index (χ0v) is 13.2. The van der Waals surface area contributed by atoms with Gasteiger partial charge in [0.25, 0.3) is 0 Å². The first-order valence-corrected chi connectivity index (χ1v) is 7.29. The van der Waals surface area contributed by atoms with Crippen LogP contribution in [0.4, 0.5) is 17.3 Å². The van der Waals surface area contributed by atoms with Crippen LogP contribution in [0, 0.1) is 6.92 Å². The summed E-state index contributed by atoms with van der Waals surface area (Å²) in [6.45, 7) is 4.14. The van der Waals surface area contributed by atoms with Crippen molar-refractivity contribution in [3.8, 4) is 0 Å². The SMILES string of the molecule is CCCc1nc(NN)cc(Nc2ccc(Br)c(C)c2)n1. The van der Waals surface area contributed by atoms with Crippen LogP contribution in [0.25, 0.3) is 0 Å². The summed E-state index contributed by atoms with van der Waals surface area (Å²) < 4.78 is 1.08. The number of anilines is 3. The summed E-state index contributed by atoms with van der Waals surface area (Å²) in [7, 11) is 0. The number of aryl methyl sites for hydroxylation is 2. The van der Waals surface area contributed by atoms with Gasteiger partial charge < -0.3 is 10.7 Å². The molecule has 4 N–H and O–H groups in total. The average molecular weight is 336 g/mol. The number of nitrogens with zero attached hydrogens (tertiary/aromatic N) is 2. The van der Waals surface area contributed by atoms with Gasteiger partial charge >= 0.3 is 0 Å². The van der Waals surface area contributed by atoms with Crippen LogP contribution in [-0.4, -0.2) is 9.97 Å². The molecule has 2 rings (SSSR count). The Bertz CT molecular complexity index is 600. The van der Waals surface area contributed by atoms with Crippen molar-refractivity contribution in [3.63, 3.8) is 0 Å². The van der Waals surface area contributed by atoms with E-state index in [1.54, 1.807) is 6.07 Å². The van der Waals surface area contributed by atoms with Crippen molar-refractivity contribution >= 4 is 33.3 Å². The molecule has 0 radical (unpaired) electrons. The maximum atomic E-state index is 5.45. The highest BCUT2D eigenvalue weighted by Gasteiger charge is 2.05. The molecule has 0 saturated heterocycles. The van der Waals surface area contributed by atoms with E-state index in [2.05, 4.69) is 49.6 Å².